The fourth-order valence-electron chi connectivity index (χ4n) is 1.78. The van der Waals surface area contributed by atoms with Gasteiger partial charge in [-0.15, -0.1) is 0 Å². The van der Waals surface area contributed by atoms with Gasteiger partial charge in [0.15, 0.2) is 5.75 Å². The second-order valence-corrected chi connectivity index (χ2v) is 3.94. The smallest absolute Gasteiger partial charge is 0.342 e. The van der Waals surface area contributed by atoms with Gasteiger partial charge in [0.1, 0.15) is 12.2 Å². The average Bonchev–Trinajstić information content (AvgIpc) is 2.43. The van der Waals surface area contributed by atoms with Crippen molar-refractivity contribution in [3.63, 3.8) is 0 Å². The Morgan fingerprint density at radius 2 is 2.33 bits per heavy atom. The van der Waals surface area contributed by atoms with Gasteiger partial charge in [-0.3, -0.25) is 0 Å². The Balaban J connectivity index is 2.01. The number of fused-ring (bicyclic) bond motifs is 1. The van der Waals surface area contributed by atoms with Gasteiger partial charge in [0.05, 0.1) is 12.3 Å². The van der Waals surface area contributed by atoms with Crippen LogP contribution in [0.15, 0.2) is 18.2 Å². The summed E-state index contributed by atoms with van der Waals surface area (Å²) in [7, 11) is 1.62. The third kappa shape index (κ3) is 2.92. The second kappa shape index (κ2) is 6.26. The van der Waals surface area contributed by atoms with E-state index >= 15 is 0 Å². The fraction of sp³-hybridized carbons (Fsp3) is 0.462. The maximum atomic E-state index is 11.9. The number of nitrogens with one attached hydrogen (secondary N) is 1. The van der Waals surface area contributed by atoms with E-state index in [0.717, 1.165) is 12.2 Å². The van der Waals surface area contributed by atoms with Gasteiger partial charge >= 0.3 is 5.97 Å². The van der Waals surface area contributed by atoms with Gasteiger partial charge in [-0.2, -0.15) is 0 Å². The minimum atomic E-state index is -0.355. The zero-order valence-electron chi connectivity index (χ0n) is 10.4. The summed E-state index contributed by atoms with van der Waals surface area (Å²) in [5.41, 5.74) is 1.31. The van der Waals surface area contributed by atoms with E-state index in [2.05, 4.69) is 5.32 Å². The number of anilines is 1. The first-order chi connectivity index (χ1) is 8.83. The Kier molecular flexibility index (Phi) is 4.41. The van der Waals surface area contributed by atoms with E-state index in [0.29, 0.717) is 37.6 Å². The van der Waals surface area contributed by atoms with Gasteiger partial charge < -0.3 is 19.5 Å². The highest BCUT2D eigenvalue weighted by Gasteiger charge is 2.19. The molecule has 1 aliphatic heterocycles. The number of para-hydroxylation sites is 1. The average molecular weight is 251 g/mol. The molecule has 1 aliphatic rings. The highest BCUT2D eigenvalue weighted by molar-refractivity contribution is 5.95. The lowest BCUT2D eigenvalue weighted by molar-refractivity contribution is 0.0464. The number of hydrogen-bond acceptors (Lipinski definition) is 5. The standard InChI is InChI=1S/C13H17NO4/c1-16-7-3-8-18-13(15)10-4-2-5-11-12(10)17-9-6-14-11/h2,4-5,14H,3,6-9H2,1H3. The molecular weight excluding hydrogens is 234 g/mol. The van der Waals surface area contributed by atoms with E-state index in [1.165, 1.54) is 0 Å². The van der Waals surface area contributed by atoms with Crippen molar-refractivity contribution >= 4 is 11.7 Å². The number of methoxy groups -OCH3 is 1. The number of carbonyl (C=O) groups is 1. The SMILES string of the molecule is COCCCOC(=O)c1cccc2c1OCCN2. The van der Waals surface area contributed by atoms with E-state index in [1.54, 1.807) is 13.2 Å². The Morgan fingerprint density at radius 1 is 1.44 bits per heavy atom. The molecule has 0 aliphatic carbocycles. The van der Waals surface area contributed by atoms with Crippen LogP contribution in [0.5, 0.6) is 5.75 Å². The van der Waals surface area contributed by atoms with Gasteiger partial charge in [0.2, 0.25) is 0 Å². The first-order valence-corrected chi connectivity index (χ1v) is 5.98. The highest BCUT2D eigenvalue weighted by atomic mass is 16.5. The summed E-state index contributed by atoms with van der Waals surface area (Å²) in [4.78, 5) is 11.9. The Morgan fingerprint density at radius 3 is 3.17 bits per heavy atom. The zero-order chi connectivity index (χ0) is 12.8. The first-order valence-electron chi connectivity index (χ1n) is 5.98. The molecule has 0 bridgehead atoms. The number of hydrogen-bond donors (Lipinski definition) is 1. The summed E-state index contributed by atoms with van der Waals surface area (Å²) < 4.78 is 15.6. The monoisotopic (exact) mass is 251 g/mol. The summed E-state index contributed by atoms with van der Waals surface area (Å²) in [5.74, 6) is 0.229. The van der Waals surface area contributed by atoms with Crippen LogP contribution in [0.3, 0.4) is 0 Å². The third-order valence-corrected chi connectivity index (χ3v) is 2.62. The largest absolute Gasteiger partial charge is 0.489 e. The van der Waals surface area contributed by atoms with Crippen molar-refractivity contribution in [3.8, 4) is 5.75 Å². The lowest BCUT2D eigenvalue weighted by atomic mass is 10.1. The molecule has 2 rings (SSSR count). The van der Waals surface area contributed by atoms with Crippen molar-refractivity contribution in [2.45, 2.75) is 6.42 Å². The molecule has 1 aromatic rings. The maximum Gasteiger partial charge on any atom is 0.342 e. The van der Waals surface area contributed by atoms with Crippen LogP contribution in [-0.4, -0.2) is 39.4 Å². The Bertz CT molecular complexity index is 419. The van der Waals surface area contributed by atoms with E-state index in [4.69, 9.17) is 14.2 Å². The topological polar surface area (TPSA) is 56.8 Å². The molecule has 98 valence electrons. The Hall–Kier alpha value is -1.75. The highest BCUT2D eigenvalue weighted by Crippen LogP contribution is 2.31. The minimum Gasteiger partial charge on any atom is -0.489 e. The third-order valence-electron chi connectivity index (χ3n) is 2.62. The van der Waals surface area contributed by atoms with E-state index < -0.39 is 0 Å². The maximum absolute atomic E-state index is 11.9. The molecule has 0 amide bonds. The van der Waals surface area contributed by atoms with Gasteiger partial charge in [0.25, 0.3) is 0 Å². The molecular formula is C13H17NO4. The van der Waals surface area contributed by atoms with Gasteiger partial charge in [-0.1, -0.05) is 6.07 Å². The first kappa shape index (κ1) is 12.7. The van der Waals surface area contributed by atoms with Crippen LogP contribution in [0.1, 0.15) is 16.8 Å². The van der Waals surface area contributed by atoms with E-state index in [1.807, 2.05) is 12.1 Å². The molecule has 0 saturated heterocycles. The van der Waals surface area contributed by atoms with Crippen LogP contribution in [-0.2, 0) is 9.47 Å². The summed E-state index contributed by atoms with van der Waals surface area (Å²) in [6.07, 6.45) is 0.691. The Labute approximate surface area is 106 Å². The van der Waals surface area contributed by atoms with Gasteiger partial charge in [-0.25, -0.2) is 4.79 Å². The van der Waals surface area contributed by atoms with E-state index in [-0.39, 0.29) is 5.97 Å². The minimum absolute atomic E-state index is 0.351. The second-order valence-electron chi connectivity index (χ2n) is 3.94. The number of rotatable bonds is 5. The zero-order valence-corrected chi connectivity index (χ0v) is 10.4. The lowest BCUT2D eigenvalue weighted by Gasteiger charge is -2.21. The van der Waals surface area contributed by atoms with Crippen LogP contribution in [0.4, 0.5) is 5.69 Å². The molecule has 0 unspecified atom stereocenters. The van der Waals surface area contributed by atoms with Crippen molar-refractivity contribution in [2.24, 2.45) is 0 Å². The molecule has 18 heavy (non-hydrogen) atoms. The van der Waals surface area contributed by atoms with Crippen LogP contribution < -0.4 is 10.1 Å². The summed E-state index contributed by atoms with van der Waals surface area (Å²) in [6.45, 7) is 2.24. The van der Waals surface area contributed by atoms with Crippen molar-refractivity contribution in [1.82, 2.24) is 0 Å². The summed E-state index contributed by atoms with van der Waals surface area (Å²) in [5, 5.41) is 3.18. The van der Waals surface area contributed by atoms with Crippen molar-refractivity contribution < 1.29 is 19.0 Å². The molecule has 0 fully saturated rings. The van der Waals surface area contributed by atoms with Crippen LogP contribution in [0.2, 0.25) is 0 Å². The van der Waals surface area contributed by atoms with Crippen LogP contribution >= 0.6 is 0 Å². The molecule has 0 spiro atoms. The van der Waals surface area contributed by atoms with Crippen molar-refractivity contribution in [3.05, 3.63) is 23.8 Å². The van der Waals surface area contributed by atoms with Crippen molar-refractivity contribution in [1.29, 1.82) is 0 Å². The summed E-state index contributed by atoms with van der Waals surface area (Å²) in [6, 6.07) is 5.41. The lowest BCUT2D eigenvalue weighted by Crippen LogP contribution is -2.20. The molecule has 0 radical (unpaired) electrons. The summed E-state index contributed by atoms with van der Waals surface area (Å²) >= 11 is 0. The fourth-order valence-corrected chi connectivity index (χ4v) is 1.78. The molecule has 5 nitrogen and oxygen atoms in total. The number of esters is 1. The molecule has 0 atom stereocenters. The van der Waals surface area contributed by atoms with Crippen molar-refractivity contribution in [2.75, 3.05) is 38.8 Å². The molecule has 0 aromatic heterocycles. The predicted octanol–water partition coefficient (Wildman–Crippen LogP) is 1.68. The van der Waals surface area contributed by atoms with Gasteiger partial charge in [0, 0.05) is 26.7 Å². The molecule has 1 heterocycles. The quantitative estimate of drug-likeness (QED) is 0.637. The normalized spacial score (nSPS) is 13.2. The predicted molar refractivity (Wildman–Crippen MR) is 67.2 cm³/mol. The van der Waals surface area contributed by atoms with Crippen LogP contribution in [0, 0.1) is 0 Å². The molecule has 0 saturated carbocycles. The molecule has 1 N–H and O–H groups in total. The number of ether oxygens (including phenoxy) is 3. The number of carbonyl (C=O) groups excluding carboxylic acids is 1. The van der Waals surface area contributed by atoms with Crippen LogP contribution in [0.25, 0.3) is 0 Å². The molecule has 5 heteroatoms. The van der Waals surface area contributed by atoms with E-state index in [9.17, 15) is 4.79 Å². The number of benzene rings is 1. The molecule has 1 aromatic carbocycles. The van der Waals surface area contributed by atoms with Gasteiger partial charge in [-0.05, 0) is 12.1 Å².